The topological polar surface area (TPSA) is 46.5 Å². The minimum Gasteiger partial charge on any atom is -0.393 e. The fraction of sp³-hybridized carbons (Fsp3) is 0.933. The van der Waals surface area contributed by atoms with Gasteiger partial charge in [-0.05, 0) is 36.5 Å². The molecule has 2 saturated carbocycles. The lowest BCUT2D eigenvalue weighted by Crippen LogP contribution is -2.50. The highest BCUT2D eigenvalue weighted by Crippen LogP contribution is 2.70. The van der Waals surface area contributed by atoms with Crippen LogP contribution in [-0.2, 0) is 9.53 Å². The average molecular weight is 252 g/mol. The van der Waals surface area contributed by atoms with Gasteiger partial charge in [0, 0.05) is 11.3 Å². The van der Waals surface area contributed by atoms with Crippen LogP contribution in [0.25, 0.3) is 0 Å². The Morgan fingerprint density at radius 2 is 2.22 bits per heavy atom. The maximum absolute atomic E-state index is 11.6. The molecule has 4 bridgehead atoms. The Balaban J connectivity index is 2.08. The summed E-state index contributed by atoms with van der Waals surface area (Å²) in [4.78, 5) is 11.6. The molecular formula is C15H24O3. The van der Waals surface area contributed by atoms with E-state index in [0.29, 0.717) is 23.7 Å². The van der Waals surface area contributed by atoms with Crippen molar-refractivity contribution in [1.82, 2.24) is 0 Å². The number of aldehydes is 1. The Labute approximate surface area is 109 Å². The number of aliphatic hydroxyl groups is 1. The molecule has 0 aromatic rings. The zero-order chi connectivity index (χ0) is 13.1. The van der Waals surface area contributed by atoms with Crippen LogP contribution in [0.2, 0.25) is 0 Å². The zero-order valence-electron chi connectivity index (χ0n) is 11.6. The Bertz CT molecular complexity index is 367. The highest BCUT2D eigenvalue weighted by Gasteiger charge is 2.74. The molecule has 18 heavy (non-hydrogen) atoms. The molecule has 2 aliphatic carbocycles. The monoisotopic (exact) mass is 252 g/mol. The Hall–Kier alpha value is -0.410. The Morgan fingerprint density at radius 3 is 2.78 bits per heavy atom. The fourth-order valence-electron chi connectivity index (χ4n) is 5.41. The number of hydrogen-bond acceptors (Lipinski definition) is 3. The average Bonchev–Trinajstić information content (AvgIpc) is 2.71. The lowest BCUT2D eigenvalue weighted by Gasteiger charge is -2.42. The zero-order valence-corrected chi connectivity index (χ0v) is 11.6. The SMILES string of the molecule is CC(C)[C@H]1CC[C@]2(C)[C@H]3CO[C@]2(CO)[C@H](C=O)[C@@H]13. The van der Waals surface area contributed by atoms with Gasteiger partial charge in [0.2, 0.25) is 0 Å². The first-order chi connectivity index (χ1) is 8.52. The van der Waals surface area contributed by atoms with Gasteiger partial charge in [0.05, 0.1) is 13.2 Å². The molecule has 3 nitrogen and oxygen atoms in total. The normalized spacial score (nSPS) is 54.1. The second-order valence-corrected chi connectivity index (χ2v) is 7.07. The number of hydrogen-bond donors (Lipinski definition) is 1. The number of ether oxygens (including phenoxy) is 1. The molecule has 102 valence electrons. The highest BCUT2D eigenvalue weighted by atomic mass is 16.5. The molecule has 3 heteroatoms. The summed E-state index contributed by atoms with van der Waals surface area (Å²) in [5, 5.41) is 9.90. The summed E-state index contributed by atoms with van der Waals surface area (Å²) in [6.45, 7) is 7.47. The van der Waals surface area contributed by atoms with Gasteiger partial charge in [-0.2, -0.15) is 0 Å². The Kier molecular flexibility index (Phi) is 2.66. The number of carbonyl (C=O) groups is 1. The minimum atomic E-state index is -0.590. The van der Waals surface area contributed by atoms with E-state index in [4.69, 9.17) is 4.74 Å². The van der Waals surface area contributed by atoms with Gasteiger partial charge < -0.3 is 14.6 Å². The summed E-state index contributed by atoms with van der Waals surface area (Å²) in [6, 6.07) is 0. The van der Waals surface area contributed by atoms with E-state index in [9.17, 15) is 9.90 Å². The molecule has 3 aliphatic rings. The van der Waals surface area contributed by atoms with Gasteiger partial charge in [-0.1, -0.05) is 20.8 Å². The summed E-state index contributed by atoms with van der Waals surface area (Å²) in [7, 11) is 0. The minimum absolute atomic E-state index is 0.00336. The molecule has 0 spiro atoms. The Morgan fingerprint density at radius 1 is 1.50 bits per heavy atom. The van der Waals surface area contributed by atoms with Crippen molar-refractivity contribution < 1.29 is 14.6 Å². The first-order valence-corrected chi connectivity index (χ1v) is 7.22. The first kappa shape index (κ1) is 12.6. The van der Waals surface area contributed by atoms with Crippen LogP contribution in [0, 0.1) is 35.0 Å². The first-order valence-electron chi connectivity index (χ1n) is 7.22. The molecule has 1 N–H and O–H groups in total. The van der Waals surface area contributed by atoms with Crippen LogP contribution in [0.5, 0.6) is 0 Å². The van der Waals surface area contributed by atoms with Crippen LogP contribution >= 0.6 is 0 Å². The van der Waals surface area contributed by atoms with Crippen molar-refractivity contribution in [3.05, 3.63) is 0 Å². The summed E-state index contributed by atoms with van der Waals surface area (Å²) >= 11 is 0. The molecule has 1 aliphatic heterocycles. The van der Waals surface area contributed by atoms with E-state index in [1.165, 1.54) is 6.42 Å². The van der Waals surface area contributed by atoms with E-state index in [-0.39, 0.29) is 17.9 Å². The molecule has 0 radical (unpaired) electrons. The molecule has 0 unspecified atom stereocenters. The predicted molar refractivity (Wildman–Crippen MR) is 68.0 cm³/mol. The van der Waals surface area contributed by atoms with Crippen molar-refractivity contribution in [2.45, 2.75) is 39.2 Å². The lowest BCUT2D eigenvalue weighted by molar-refractivity contribution is -0.148. The van der Waals surface area contributed by atoms with E-state index in [2.05, 4.69) is 20.8 Å². The van der Waals surface area contributed by atoms with Crippen molar-refractivity contribution >= 4 is 6.29 Å². The third kappa shape index (κ3) is 1.16. The van der Waals surface area contributed by atoms with Gasteiger partial charge in [0.25, 0.3) is 0 Å². The van der Waals surface area contributed by atoms with Gasteiger partial charge in [0.15, 0.2) is 0 Å². The van der Waals surface area contributed by atoms with Gasteiger partial charge >= 0.3 is 0 Å². The fourth-order valence-corrected chi connectivity index (χ4v) is 5.41. The van der Waals surface area contributed by atoms with Crippen LogP contribution in [0.4, 0.5) is 0 Å². The van der Waals surface area contributed by atoms with Crippen molar-refractivity contribution in [1.29, 1.82) is 0 Å². The molecule has 3 rings (SSSR count). The summed E-state index contributed by atoms with van der Waals surface area (Å²) in [6.07, 6.45) is 3.33. The number of carbonyl (C=O) groups excluding carboxylic acids is 1. The quantitative estimate of drug-likeness (QED) is 0.780. The van der Waals surface area contributed by atoms with Gasteiger partial charge in [-0.25, -0.2) is 0 Å². The second kappa shape index (κ2) is 3.80. The van der Waals surface area contributed by atoms with Crippen LogP contribution in [0.1, 0.15) is 33.6 Å². The van der Waals surface area contributed by atoms with Crippen LogP contribution in [0.15, 0.2) is 0 Å². The van der Waals surface area contributed by atoms with Crippen molar-refractivity contribution in [3.63, 3.8) is 0 Å². The maximum Gasteiger partial charge on any atom is 0.126 e. The standard InChI is InChI=1S/C15H24O3/c1-9(2)10-4-5-14(3)12-7-18-15(14,8-17)11(6-16)13(10)12/h6,9-13,17H,4-5,7-8H2,1-3H3/t10-,11-,12+,13-,14-,15-/m1/s1. The van der Waals surface area contributed by atoms with E-state index >= 15 is 0 Å². The lowest BCUT2D eigenvalue weighted by atomic mass is 9.61. The van der Waals surface area contributed by atoms with E-state index in [1.807, 2.05) is 0 Å². The van der Waals surface area contributed by atoms with Crippen molar-refractivity contribution in [2.24, 2.45) is 35.0 Å². The number of aliphatic hydroxyl groups excluding tert-OH is 1. The molecule has 1 saturated heterocycles. The number of rotatable bonds is 3. The van der Waals surface area contributed by atoms with E-state index in [0.717, 1.165) is 19.3 Å². The van der Waals surface area contributed by atoms with Crippen LogP contribution in [-0.4, -0.2) is 30.2 Å². The van der Waals surface area contributed by atoms with Crippen molar-refractivity contribution in [2.75, 3.05) is 13.2 Å². The third-order valence-electron chi connectivity index (χ3n) is 6.45. The van der Waals surface area contributed by atoms with Crippen LogP contribution in [0.3, 0.4) is 0 Å². The summed E-state index contributed by atoms with van der Waals surface area (Å²) in [5.74, 6) is 1.98. The molecule has 0 aromatic carbocycles. The molecule has 1 heterocycles. The van der Waals surface area contributed by atoms with Crippen LogP contribution < -0.4 is 0 Å². The molecule has 0 aromatic heterocycles. The largest absolute Gasteiger partial charge is 0.393 e. The van der Waals surface area contributed by atoms with Gasteiger partial charge in [-0.15, -0.1) is 0 Å². The van der Waals surface area contributed by atoms with E-state index in [1.54, 1.807) is 0 Å². The summed E-state index contributed by atoms with van der Waals surface area (Å²) in [5.41, 5.74) is -0.586. The molecule has 6 atom stereocenters. The molecule has 0 amide bonds. The third-order valence-corrected chi connectivity index (χ3v) is 6.45. The summed E-state index contributed by atoms with van der Waals surface area (Å²) < 4.78 is 5.96. The molecular weight excluding hydrogens is 228 g/mol. The van der Waals surface area contributed by atoms with E-state index < -0.39 is 5.60 Å². The second-order valence-electron chi connectivity index (χ2n) is 7.07. The highest BCUT2D eigenvalue weighted by molar-refractivity contribution is 5.60. The maximum atomic E-state index is 11.6. The smallest absolute Gasteiger partial charge is 0.126 e. The molecule has 3 fully saturated rings. The van der Waals surface area contributed by atoms with Crippen molar-refractivity contribution in [3.8, 4) is 0 Å². The van der Waals surface area contributed by atoms with Gasteiger partial charge in [0.1, 0.15) is 11.9 Å². The predicted octanol–water partition coefficient (Wildman–Crippen LogP) is 1.88. The van der Waals surface area contributed by atoms with Gasteiger partial charge in [-0.3, -0.25) is 0 Å².